The highest BCUT2D eigenvalue weighted by Crippen LogP contribution is 2.29. The predicted molar refractivity (Wildman–Crippen MR) is 62.5 cm³/mol. The van der Waals surface area contributed by atoms with Crippen molar-refractivity contribution in [3.05, 3.63) is 59.9 Å². The molecule has 0 aliphatic heterocycles. The van der Waals surface area contributed by atoms with Gasteiger partial charge in [0.15, 0.2) is 0 Å². The van der Waals surface area contributed by atoms with E-state index in [9.17, 15) is 18.0 Å². The van der Waals surface area contributed by atoms with Gasteiger partial charge in [0, 0.05) is 23.6 Å². The van der Waals surface area contributed by atoms with E-state index in [1.807, 2.05) is 0 Å². The molecule has 1 heterocycles. The third kappa shape index (κ3) is 3.31. The molecule has 1 aromatic heterocycles. The van der Waals surface area contributed by atoms with Crippen LogP contribution in [0.3, 0.4) is 0 Å². The Morgan fingerprint density at radius 1 is 1.21 bits per heavy atom. The number of rotatable bonds is 2. The zero-order valence-electron chi connectivity index (χ0n) is 9.53. The van der Waals surface area contributed by atoms with Crippen molar-refractivity contribution in [2.75, 3.05) is 5.32 Å². The fourth-order valence-electron chi connectivity index (χ4n) is 1.41. The summed E-state index contributed by atoms with van der Waals surface area (Å²) in [6.07, 6.45) is -1.56. The molecule has 0 spiro atoms. The minimum absolute atomic E-state index is 0.105. The summed E-state index contributed by atoms with van der Waals surface area (Å²) in [6, 6.07) is 8.16. The van der Waals surface area contributed by atoms with E-state index in [2.05, 4.69) is 16.4 Å². The molecule has 6 heteroatoms. The molecule has 0 bridgehead atoms. The lowest BCUT2D eigenvalue weighted by Crippen LogP contribution is -2.13. The van der Waals surface area contributed by atoms with Crippen molar-refractivity contribution >= 4 is 11.6 Å². The summed E-state index contributed by atoms with van der Waals surface area (Å²) >= 11 is 0. The van der Waals surface area contributed by atoms with Crippen molar-refractivity contribution in [3.63, 3.8) is 0 Å². The van der Waals surface area contributed by atoms with Crippen LogP contribution in [0.5, 0.6) is 0 Å². The molecule has 0 fully saturated rings. The molecule has 2 rings (SSSR count). The molecule has 97 valence electrons. The fourth-order valence-corrected chi connectivity index (χ4v) is 1.41. The zero-order chi connectivity index (χ0) is 13.9. The maximum atomic E-state index is 12.5. The molecular weight excluding hydrogens is 257 g/mol. The number of alkyl halides is 3. The van der Waals surface area contributed by atoms with E-state index >= 15 is 0 Å². The van der Waals surface area contributed by atoms with Crippen LogP contribution >= 0.6 is 0 Å². The van der Waals surface area contributed by atoms with E-state index in [0.29, 0.717) is 5.69 Å². The molecule has 0 unspecified atom stereocenters. The monoisotopic (exact) mass is 265 g/mol. The first kappa shape index (κ1) is 13.1. The van der Waals surface area contributed by atoms with Crippen LogP contribution in [0, 0.1) is 6.07 Å². The number of aromatic nitrogens is 1. The first-order valence-electron chi connectivity index (χ1n) is 5.26. The van der Waals surface area contributed by atoms with Crippen LogP contribution in [-0.4, -0.2) is 10.9 Å². The van der Waals surface area contributed by atoms with Gasteiger partial charge in [0.05, 0.1) is 5.56 Å². The average Bonchev–Trinajstić information content (AvgIpc) is 2.39. The number of nitrogens with one attached hydrogen (secondary N) is 1. The lowest BCUT2D eigenvalue weighted by Gasteiger charge is -2.08. The summed E-state index contributed by atoms with van der Waals surface area (Å²) in [6.45, 7) is 0. The van der Waals surface area contributed by atoms with E-state index in [4.69, 9.17) is 0 Å². The minimum Gasteiger partial charge on any atom is -0.322 e. The van der Waals surface area contributed by atoms with Crippen LogP contribution in [0.1, 0.15) is 15.9 Å². The van der Waals surface area contributed by atoms with Crippen molar-refractivity contribution in [2.45, 2.75) is 6.18 Å². The van der Waals surface area contributed by atoms with Crippen LogP contribution in [0.2, 0.25) is 0 Å². The van der Waals surface area contributed by atoms with Gasteiger partial charge in [-0.05, 0) is 36.4 Å². The molecule has 0 aliphatic carbocycles. The molecule has 0 aliphatic rings. The molecular formula is C13H8F3N2O. The lowest BCUT2D eigenvalue weighted by atomic mass is 10.1. The van der Waals surface area contributed by atoms with Crippen molar-refractivity contribution < 1.29 is 18.0 Å². The largest absolute Gasteiger partial charge is 0.416 e. The Morgan fingerprint density at radius 2 is 1.89 bits per heavy atom. The van der Waals surface area contributed by atoms with E-state index < -0.39 is 17.6 Å². The van der Waals surface area contributed by atoms with E-state index in [1.54, 1.807) is 0 Å². The van der Waals surface area contributed by atoms with Gasteiger partial charge in [-0.25, -0.2) is 0 Å². The summed E-state index contributed by atoms with van der Waals surface area (Å²) in [7, 11) is 0. The standard InChI is InChI=1S/C13H8F3N2O/c14-13(15,16)10-3-1-2-9(8-10)12(19)18-11-4-6-17-7-5-11/h2-8H,(H,17,18,19). The topological polar surface area (TPSA) is 42.0 Å². The Morgan fingerprint density at radius 3 is 2.53 bits per heavy atom. The third-order valence-corrected chi connectivity index (χ3v) is 2.32. The Bertz CT molecular complexity index is 582. The summed E-state index contributed by atoms with van der Waals surface area (Å²) in [5.74, 6) is -0.631. The van der Waals surface area contributed by atoms with Crippen LogP contribution in [0.25, 0.3) is 0 Å². The Labute approximate surface area is 107 Å². The van der Waals surface area contributed by atoms with Crippen LogP contribution in [0.4, 0.5) is 18.9 Å². The van der Waals surface area contributed by atoms with Crippen molar-refractivity contribution in [1.29, 1.82) is 0 Å². The molecule has 2 aromatic rings. The fraction of sp³-hybridized carbons (Fsp3) is 0.0769. The second-order valence-electron chi connectivity index (χ2n) is 3.70. The molecule has 1 N–H and O–H groups in total. The second-order valence-corrected chi connectivity index (χ2v) is 3.70. The van der Waals surface area contributed by atoms with Crippen molar-refractivity contribution in [3.8, 4) is 0 Å². The van der Waals surface area contributed by atoms with Gasteiger partial charge in [0.1, 0.15) is 0 Å². The molecule has 3 nitrogen and oxygen atoms in total. The normalized spacial score (nSPS) is 11.1. The number of hydrogen-bond acceptors (Lipinski definition) is 2. The maximum Gasteiger partial charge on any atom is 0.416 e. The first-order chi connectivity index (χ1) is 8.97. The average molecular weight is 265 g/mol. The maximum absolute atomic E-state index is 12.5. The van der Waals surface area contributed by atoms with Gasteiger partial charge in [0.25, 0.3) is 5.91 Å². The van der Waals surface area contributed by atoms with Gasteiger partial charge < -0.3 is 5.32 Å². The molecule has 19 heavy (non-hydrogen) atoms. The number of pyridine rings is 1. The lowest BCUT2D eigenvalue weighted by molar-refractivity contribution is -0.137. The summed E-state index contributed by atoms with van der Waals surface area (Å²) < 4.78 is 37.5. The van der Waals surface area contributed by atoms with Crippen LogP contribution in [-0.2, 0) is 6.18 Å². The van der Waals surface area contributed by atoms with Gasteiger partial charge >= 0.3 is 6.18 Å². The van der Waals surface area contributed by atoms with Crippen LogP contribution in [0.15, 0.2) is 42.7 Å². The van der Waals surface area contributed by atoms with Gasteiger partial charge in [-0.15, -0.1) is 0 Å². The van der Waals surface area contributed by atoms with E-state index in [-0.39, 0.29) is 5.56 Å². The quantitative estimate of drug-likeness (QED) is 0.906. The molecule has 0 atom stereocenters. The first-order valence-corrected chi connectivity index (χ1v) is 5.26. The highest BCUT2D eigenvalue weighted by molar-refractivity contribution is 6.04. The van der Waals surface area contributed by atoms with Crippen molar-refractivity contribution in [2.24, 2.45) is 0 Å². The van der Waals surface area contributed by atoms with Gasteiger partial charge in [-0.1, -0.05) is 0 Å². The molecule has 1 amide bonds. The minimum atomic E-state index is -4.50. The Balaban J connectivity index is 2.20. The van der Waals surface area contributed by atoms with Gasteiger partial charge in [-0.2, -0.15) is 13.2 Å². The molecule has 1 aromatic carbocycles. The SMILES string of the molecule is O=C(Nc1ccncc1)c1c[c]cc(C(F)(F)F)c1. The highest BCUT2D eigenvalue weighted by Gasteiger charge is 2.30. The van der Waals surface area contributed by atoms with Crippen LogP contribution < -0.4 is 5.32 Å². The number of carbonyl (C=O) groups is 1. The smallest absolute Gasteiger partial charge is 0.322 e. The summed E-state index contributed by atoms with van der Waals surface area (Å²) in [5, 5.41) is 2.47. The molecule has 0 saturated carbocycles. The number of carbonyl (C=O) groups excluding carboxylic acids is 1. The van der Waals surface area contributed by atoms with Crippen molar-refractivity contribution in [1.82, 2.24) is 4.98 Å². The number of nitrogens with zero attached hydrogens (tertiary/aromatic N) is 1. The predicted octanol–water partition coefficient (Wildman–Crippen LogP) is 3.15. The Kier molecular flexibility index (Phi) is 3.50. The van der Waals surface area contributed by atoms with Gasteiger partial charge in [-0.3, -0.25) is 9.78 Å². The summed E-state index contributed by atoms with van der Waals surface area (Å²) in [5.41, 5.74) is -0.557. The third-order valence-electron chi connectivity index (χ3n) is 2.32. The second kappa shape index (κ2) is 5.09. The number of amides is 1. The molecule has 1 radical (unpaired) electrons. The van der Waals surface area contributed by atoms with E-state index in [0.717, 1.165) is 12.1 Å². The Hall–Kier alpha value is -2.37. The number of hydrogen-bond donors (Lipinski definition) is 1. The number of anilines is 1. The van der Waals surface area contributed by atoms with Gasteiger partial charge in [0.2, 0.25) is 0 Å². The zero-order valence-corrected chi connectivity index (χ0v) is 9.53. The highest BCUT2D eigenvalue weighted by atomic mass is 19.4. The number of benzene rings is 1. The number of halogens is 3. The molecule has 0 saturated heterocycles. The summed E-state index contributed by atoms with van der Waals surface area (Å²) in [4.78, 5) is 15.5. The van der Waals surface area contributed by atoms with E-state index in [1.165, 1.54) is 30.6 Å².